The Labute approximate surface area is 48.8 Å². The van der Waals surface area contributed by atoms with Crippen LogP contribution in [0.2, 0.25) is 0 Å². The van der Waals surface area contributed by atoms with Crippen molar-refractivity contribution >= 4 is 6.09 Å². The molecule has 0 atom stereocenters. The van der Waals surface area contributed by atoms with E-state index in [-0.39, 0.29) is 0 Å². The molecular formula is C5H10NO2+. The molecule has 46 valence electrons. The van der Waals surface area contributed by atoms with E-state index in [0.29, 0.717) is 6.61 Å². The van der Waals surface area contributed by atoms with Crippen molar-refractivity contribution < 1.29 is 9.53 Å². The van der Waals surface area contributed by atoms with Crippen LogP contribution < -0.4 is 5.73 Å². The summed E-state index contributed by atoms with van der Waals surface area (Å²) in [5.74, 6) is 0. The summed E-state index contributed by atoms with van der Waals surface area (Å²) in [6.45, 7) is 3.94. The summed E-state index contributed by atoms with van der Waals surface area (Å²) in [6.07, 6.45) is 0.842. The van der Waals surface area contributed by atoms with Crippen molar-refractivity contribution in [3.05, 3.63) is 6.92 Å². The average molecular weight is 116 g/mol. The van der Waals surface area contributed by atoms with Gasteiger partial charge in [-0.15, -0.1) is 0 Å². The van der Waals surface area contributed by atoms with Crippen LogP contribution in [0.1, 0.15) is 12.8 Å². The molecule has 0 saturated carbocycles. The number of hydrogen-bond donors (Lipinski definition) is 1. The fourth-order valence-electron chi connectivity index (χ4n) is 0.275. The molecule has 3 heteroatoms. The molecule has 3 nitrogen and oxygen atoms in total. The lowest BCUT2D eigenvalue weighted by atomic mass is 10.4. The molecule has 8 heavy (non-hydrogen) atoms. The average Bonchev–Trinajstić information content (AvgIpc) is 1.66. The van der Waals surface area contributed by atoms with Crippen LogP contribution in [-0.2, 0) is 4.74 Å². The van der Waals surface area contributed by atoms with Crippen molar-refractivity contribution in [2.75, 3.05) is 6.61 Å². The third kappa shape index (κ3) is 5.14. The summed E-state index contributed by atoms with van der Waals surface area (Å²) < 4.78 is 4.38. The molecule has 0 spiro atoms. The van der Waals surface area contributed by atoms with E-state index in [0.717, 1.165) is 12.8 Å². The van der Waals surface area contributed by atoms with E-state index in [2.05, 4.69) is 17.4 Å². The second kappa shape index (κ2) is 4.30. The summed E-state index contributed by atoms with van der Waals surface area (Å²) in [6, 6.07) is 0. The van der Waals surface area contributed by atoms with E-state index in [4.69, 9.17) is 0 Å². The predicted octanol–water partition coefficient (Wildman–Crippen LogP) is 0.696. The van der Waals surface area contributed by atoms with Gasteiger partial charge in [-0.05, 0) is 0 Å². The molecule has 0 aliphatic carbocycles. The van der Waals surface area contributed by atoms with E-state index in [9.17, 15) is 4.79 Å². The van der Waals surface area contributed by atoms with Gasteiger partial charge >= 0.3 is 6.09 Å². The number of amides is 1. The van der Waals surface area contributed by atoms with Crippen molar-refractivity contribution in [1.29, 1.82) is 0 Å². The van der Waals surface area contributed by atoms with Crippen molar-refractivity contribution in [2.24, 2.45) is 5.73 Å². The smallest absolute Gasteiger partial charge is 0.404 e. The van der Waals surface area contributed by atoms with Crippen LogP contribution in [0, 0.1) is 6.92 Å². The number of carbonyl (C=O) groups is 1. The van der Waals surface area contributed by atoms with Gasteiger partial charge in [0, 0.05) is 6.42 Å². The van der Waals surface area contributed by atoms with Gasteiger partial charge in [-0.1, -0.05) is 0 Å². The summed E-state index contributed by atoms with van der Waals surface area (Å²) >= 11 is 0. The van der Waals surface area contributed by atoms with Gasteiger partial charge in [-0.2, -0.15) is 0 Å². The van der Waals surface area contributed by atoms with Crippen LogP contribution in [0.3, 0.4) is 0 Å². The van der Waals surface area contributed by atoms with E-state index < -0.39 is 6.09 Å². The third-order valence-electron chi connectivity index (χ3n) is 0.639. The number of ether oxygens (including phenoxy) is 1. The number of hydrogen-bond acceptors (Lipinski definition) is 2. The minimum Gasteiger partial charge on any atom is -0.450 e. The van der Waals surface area contributed by atoms with Gasteiger partial charge in [-0.25, -0.2) is 4.79 Å². The Morgan fingerprint density at radius 1 is 1.75 bits per heavy atom. The lowest BCUT2D eigenvalue weighted by Crippen LogP contribution is -2.13. The topological polar surface area (TPSA) is 52.3 Å². The molecule has 0 aromatic carbocycles. The minimum atomic E-state index is -0.710. The number of unbranched alkanes of at least 4 members (excludes halogenated alkanes) is 1. The normalized spacial score (nSPS) is 8.50. The second-order valence-corrected chi connectivity index (χ2v) is 1.37. The summed E-state index contributed by atoms with van der Waals surface area (Å²) in [7, 11) is 0. The van der Waals surface area contributed by atoms with Crippen LogP contribution in [0.4, 0.5) is 4.79 Å². The Hall–Kier alpha value is -0.860. The molecule has 0 unspecified atom stereocenters. The van der Waals surface area contributed by atoms with Gasteiger partial charge in [0.05, 0.1) is 20.0 Å². The molecule has 2 N–H and O–H groups in total. The van der Waals surface area contributed by atoms with Gasteiger partial charge in [0.15, 0.2) is 0 Å². The third-order valence-corrected chi connectivity index (χ3v) is 0.639. The Balaban J connectivity index is 2.82. The van der Waals surface area contributed by atoms with Gasteiger partial charge in [0.2, 0.25) is 0 Å². The van der Waals surface area contributed by atoms with Crippen molar-refractivity contribution in [3.63, 3.8) is 0 Å². The van der Waals surface area contributed by atoms with Crippen LogP contribution >= 0.6 is 0 Å². The van der Waals surface area contributed by atoms with Crippen LogP contribution in [0.5, 0.6) is 0 Å². The van der Waals surface area contributed by atoms with Gasteiger partial charge < -0.3 is 10.5 Å². The minimum absolute atomic E-state index is 0.388. The highest BCUT2D eigenvalue weighted by atomic mass is 16.5. The van der Waals surface area contributed by atoms with Gasteiger partial charge in [0.1, 0.15) is 0 Å². The molecule has 0 bridgehead atoms. The molecule has 0 heterocycles. The molecule has 0 rings (SSSR count). The molecular weight excluding hydrogens is 106 g/mol. The maximum atomic E-state index is 9.85. The molecule has 0 aromatic rings. The van der Waals surface area contributed by atoms with Gasteiger partial charge in [0.25, 0.3) is 0 Å². The number of rotatable bonds is 3. The Bertz CT molecular complexity index is 72.8. The molecule has 0 fully saturated rings. The largest absolute Gasteiger partial charge is 0.450 e. The Morgan fingerprint density at radius 2 is 2.38 bits per heavy atom. The fraction of sp³-hybridized carbons (Fsp3) is 0.600. The van der Waals surface area contributed by atoms with Crippen molar-refractivity contribution in [2.45, 2.75) is 12.8 Å². The van der Waals surface area contributed by atoms with Crippen molar-refractivity contribution in [3.8, 4) is 0 Å². The first kappa shape index (κ1) is 7.14. The lowest BCUT2D eigenvalue weighted by Gasteiger charge is -1.94. The second-order valence-electron chi connectivity index (χ2n) is 1.37. The molecule has 1 amide bonds. The molecule has 0 aromatic heterocycles. The zero-order chi connectivity index (χ0) is 6.41. The molecule has 0 radical (unpaired) electrons. The predicted molar refractivity (Wildman–Crippen MR) is 30.1 cm³/mol. The van der Waals surface area contributed by atoms with Gasteiger partial charge in [-0.3, -0.25) is 0 Å². The fourth-order valence-corrected chi connectivity index (χ4v) is 0.275. The van der Waals surface area contributed by atoms with E-state index in [1.165, 1.54) is 0 Å². The summed E-state index contributed by atoms with van der Waals surface area (Å²) in [5, 5.41) is 0. The lowest BCUT2D eigenvalue weighted by molar-refractivity contribution is 0.155. The zero-order valence-corrected chi connectivity index (χ0v) is 4.72. The highest BCUT2D eigenvalue weighted by Gasteiger charge is 1.91. The van der Waals surface area contributed by atoms with E-state index in [1.54, 1.807) is 0 Å². The maximum absolute atomic E-state index is 9.85. The van der Waals surface area contributed by atoms with Crippen LogP contribution in [0.15, 0.2) is 0 Å². The number of carbonyl (C=O) groups excluding carboxylic acids is 1. The number of nitrogens with two attached hydrogens (primary N) is 1. The van der Waals surface area contributed by atoms with Crippen LogP contribution in [0.25, 0.3) is 0 Å². The SMILES string of the molecule is [CH2+]CCCOC(N)=O. The Kier molecular flexibility index (Phi) is 3.84. The first-order valence-electron chi connectivity index (χ1n) is 2.49. The number of primary amides is 1. The molecule has 0 saturated heterocycles. The monoisotopic (exact) mass is 116 g/mol. The zero-order valence-electron chi connectivity index (χ0n) is 4.72. The quantitative estimate of drug-likeness (QED) is 0.435. The summed E-state index contributed by atoms with van der Waals surface area (Å²) in [4.78, 5) is 9.85. The first-order valence-corrected chi connectivity index (χ1v) is 2.49. The Morgan fingerprint density at radius 3 is 2.75 bits per heavy atom. The van der Waals surface area contributed by atoms with E-state index >= 15 is 0 Å². The van der Waals surface area contributed by atoms with Crippen LogP contribution in [-0.4, -0.2) is 12.7 Å². The highest BCUT2D eigenvalue weighted by Crippen LogP contribution is 1.85. The first-order chi connectivity index (χ1) is 3.77. The highest BCUT2D eigenvalue weighted by molar-refractivity contribution is 5.64. The summed E-state index contributed by atoms with van der Waals surface area (Å²) in [5.41, 5.74) is 4.65. The van der Waals surface area contributed by atoms with E-state index in [1.807, 2.05) is 0 Å². The molecule has 0 aliphatic rings. The van der Waals surface area contributed by atoms with Crippen molar-refractivity contribution in [1.82, 2.24) is 0 Å². The molecule has 0 aliphatic heterocycles. The standard InChI is InChI=1S/C5H9NO2/c1-2-3-4-8-5(6)7/h1-4H2,(H-,6,7)/p+1. The maximum Gasteiger partial charge on any atom is 0.404 e.